The lowest BCUT2D eigenvalue weighted by atomic mass is 10.1. The number of hydrogen-bond donors (Lipinski definition) is 0. The van der Waals surface area contributed by atoms with Gasteiger partial charge >= 0.3 is 0 Å². The Kier molecular flexibility index (Phi) is 2.49. The average Bonchev–Trinajstić information content (AvgIpc) is 2.81. The first-order chi connectivity index (χ1) is 8.36. The van der Waals surface area contributed by atoms with Crippen LogP contribution in [0.4, 0.5) is 0 Å². The molecule has 1 aliphatic rings. The number of ether oxygens (including phenoxy) is 1. The summed E-state index contributed by atoms with van der Waals surface area (Å²) in [6.45, 7) is 1.16. The average molecular weight is 228 g/mol. The minimum absolute atomic E-state index is 0.0393. The van der Waals surface area contributed by atoms with Crippen molar-refractivity contribution in [1.29, 1.82) is 0 Å². The summed E-state index contributed by atoms with van der Waals surface area (Å²) in [4.78, 5) is 14.8. The standard InChI is InChI=1S/C13H12N2O2/c16-8-11-6-15-7-12(17-9-13(15)14-11)10-4-2-1-3-5-10/h1-6,8,12H,7,9H2/t12-/m0/s1. The van der Waals surface area contributed by atoms with Crippen LogP contribution >= 0.6 is 0 Å². The summed E-state index contributed by atoms with van der Waals surface area (Å²) in [6, 6.07) is 10.1. The van der Waals surface area contributed by atoms with Gasteiger partial charge in [-0.05, 0) is 5.56 Å². The Balaban J connectivity index is 1.87. The van der Waals surface area contributed by atoms with Crippen molar-refractivity contribution in [3.63, 3.8) is 0 Å². The minimum atomic E-state index is 0.0393. The Hall–Kier alpha value is -1.94. The molecule has 4 nitrogen and oxygen atoms in total. The smallest absolute Gasteiger partial charge is 0.170 e. The van der Waals surface area contributed by atoms with Crippen LogP contribution in [0.25, 0.3) is 0 Å². The number of aromatic nitrogens is 2. The fraction of sp³-hybridized carbons (Fsp3) is 0.231. The summed E-state index contributed by atoms with van der Waals surface area (Å²) in [6.07, 6.45) is 2.58. The Morgan fingerprint density at radius 2 is 2.18 bits per heavy atom. The molecule has 0 radical (unpaired) electrons. The zero-order chi connectivity index (χ0) is 11.7. The largest absolute Gasteiger partial charge is 0.364 e. The van der Waals surface area contributed by atoms with Crippen LogP contribution < -0.4 is 0 Å². The first-order valence-electron chi connectivity index (χ1n) is 5.54. The second-order valence-corrected chi connectivity index (χ2v) is 4.06. The molecule has 4 heteroatoms. The third-order valence-electron chi connectivity index (χ3n) is 2.95. The topological polar surface area (TPSA) is 44.1 Å². The molecular formula is C13H12N2O2. The first-order valence-corrected chi connectivity index (χ1v) is 5.54. The van der Waals surface area contributed by atoms with Gasteiger partial charge in [-0.3, -0.25) is 4.79 Å². The van der Waals surface area contributed by atoms with Gasteiger partial charge in [-0.15, -0.1) is 0 Å². The van der Waals surface area contributed by atoms with Crippen molar-refractivity contribution in [2.75, 3.05) is 0 Å². The lowest BCUT2D eigenvalue weighted by Gasteiger charge is -2.24. The van der Waals surface area contributed by atoms with Crippen molar-refractivity contribution in [2.24, 2.45) is 0 Å². The molecule has 1 aromatic heterocycles. The lowest BCUT2D eigenvalue weighted by molar-refractivity contribution is 0.000489. The van der Waals surface area contributed by atoms with E-state index in [1.807, 2.05) is 34.9 Å². The Morgan fingerprint density at radius 3 is 2.94 bits per heavy atom. The van der Waals surface area contributed by atoms with Crippen LogP contribution in [0, 0.1) is 0 Å². The molecule has 86 valence electrons. The van der Waals surface area contributed by atoms with Crippen molar-refractivity contribution >= 4 is 6.29 Å². The maximum Gasteiger partial charge on any atom is 0.170 e. The van der Waals surface area contributed by atoms with Gasteiger partial charge in [-0.2, -0.15) is 0 Å². The van der Waals surface area contributed by atoms with E-state index in [1.54, 1.807) is 6.20 Å². The Labute approximate surface area is 98.9 Å². The molecule has 1 aromatic carbocycles. The van der Waals surface area contributed by atoms with Crippen molar-refractivity contribution in [1.82, 2.24) is 9.55 Å². The van der Waals surface area contributed by atoms with Gasteiger partial charge in [0, 0.05) is 6.20 Å². The molecular weight excluding hydrogens is 216 g/mol. The summed E-state index contributed by atoms with van der Waals surface area (Å²) in [5, 5.41) is 0. The minimum Gasteiger partial charge on any atom is -0.364 e. The monoisotopic (exact) mass is 228 g/mol. The molecule has 0 bridgehead atoms. The fourth-order valence-corrected chi connectivity index (χ4v) is 2.08. The quantitative estimate of drug-likeness (QED) is 0.738. The third kappa shape index (κ3) is 1.87. The third-order valence-corrected chi connectivity index (χ3v) is 2.95. The number of hydrogen-bond acceptors (Lipinski definition) is 3. The van der Waals surface area contributed by atoms with Crippen LogP contribution in [-0.4, -0.2) is 15.8 Å². The number of fused-ring (bicyclic) bond motifs is 1. The normalized spacial score (nSPS) is 18.7. The van der Waals surface area contributed by atoms with Gasteiger partial charge in [0.15, 0.2) is 6.29 Å². The van der Waals surface area contributed by atoms with E-state index < -0.39 is 0 Å². The zero-order valence-electron chi connectivity index (χ0n) is 9.24. The fourth-order valence-electron chi connectivity index (χ4n) is 2.08. The van der Waals surface area contributed by atoms with Crippen molar-refractivity contribution in [3.05, 3.63) is 53.6 Å². The molecule has 0 amide bonds. The summed E-state index contributed by atoms with van der Waals surface area (Å²) in [7, 11) is 0. The van der Waals surface area contributed by atoms with Gasteiger partial charge in [-0.25, -0.2) is 4.98 Å². The van der Waals surface area contributed by atoms with Gasteiger partial charge in [0.2, 0.25) is 0 Å². The van der Waals surface area contributed by atoms with Gasteiger partial charge < -0.3 is 9.30 Å². The summed E-state index contributed by atoms with van der Waals surface area (Å²) in [5.41, 5.74) is 1.62. The summed E-state index contributed by atoms with van der Waals surface area (Å²) in [5.74, 6) is 0.819. The van der Waals surface area contributed by atoms with Gasteiger partial charge in [0.25, 0.3) is 0 Å². The molecule has 1 atom stereocenters. The maximum atomic E-state index is 10.7. The number of carbonyl (C=O) groups is 1. The zero-order valence-corrected chi connectivity index (χ0v) is 9.24. The highest BCUT2D eigenvalue weighted by Crippen LogP contribution is 2.25. The molecule has 3 rings (SSSR count). The van der Waals surface area contributed by atoms with E-state index in [4.69, 9.17) is 4.74 Å². The van der Waals surface area contributed by atoms with Gasteiger partial charge in [0.05, 0.1) is 6.54 Å². The molecule has 0 fully saturated rings. The Bertz CT molecular complexity index is 534. The highest BCUT2D eigenvalue weighted by atomic mass is 16.5. The molecule has 1 aliphatic heterocycles. The van der Waals surface area contributed by atoms with Gasteiger partial charge in [0.1, 0.15) is 24.2 Å². The van der Waals surface area contributed by atoms with E-state index in [2.05, 4.69) is 4.98 Å². The van der Waals surface area contributed by atoms with E-state index in [1.165, 1.54) is 0 Å². The van der Waals surface area contributed by atoms with Gasteiger partial charge in [-0.1, -0.05) is 30.3 Å². The molecule has 0 unspecified atom stereocenters. The first kappa shape index (κ1) is 10.2. The van der Waals surface area contributed by atoms with Crippen molar-refractivity contribution in [2.45, 2.75) is 19.3 Å². The molecule has 0 aliphatic carbocycles. The maximum absolute atomic E-state index is 10.7. The molecule has 0 N–H and O–H groups in total. The van der Waals surface area contributed by atoms with Crippen LogP contribution in [0.5, 0.6) is 0 Å². The molecule has 0 spiro atoms. The van der Waals surface area contributed by atoms with Crippen molar-refractivity contribution < 1.29 is 9.53 Å². The summed E-state index contributed by atoms with van der Waals surface area (Å²) >= 11 is 0. The molecule has 2 aromatic rings. The van der Waals surface area contributed by atoms with E-state index in [0.717, 1.165) is 17.7 Å². The molecule has 2 heterocycles. The lowest BCUT2D eigenvalue weighted by Crippen LogP contribution is -2.20. The molecule has 17 heavy (non-hydrogen) atoms. The highest BCUT2D eigenvalue weighted by molar-refractivity contribution is 5.71. The highest BCUT2D eigenvalue weighted by Gasteiger charge is 2.21. The van der Waals surface area contributed by atoms with Crippen LogP contribution in [-0.2, 0) is 17.9 Å². The van der Waals surface area contributed by atoms with Crippen LogP contribution in [0.1, 0.15) is 28.0 Å². The SMILES string of the molecule is O=Cc1cn2c(n1)CO[C@H](c1ccccc1)C2. The van der Waals surface area contributed by atoms with Crippen LogP contribution in [0.2, 0.25) is 0 Å². The van der Waals surface area contributed by atoms with Crippen LogP contribution in [0.3, 0.4) is 0 Å². The van der Waals surface area contributed by atoms with E-state index >= 15 is 0 Å². The molecule has 0 saturated heterocycles. The second-order valence-electron chi connectivity index (χ2n) is 4.06. The van der Waals surface area contributed by atoms with E-state index in [9.17, 15) is 4.79 Å². The Morgan fingerprint density at radius 1 is 1.35 bits per heavy atom. The van der Waals surface area contributed by atoms with E-state index in [0.29, 0.717) is 18.8 Å². The number of nitrogens with zero attached hydrogens (tertiary/aromatic N) is 2. The second kappa shape index (κ2) is 4.14. The van der Waals surface area contributed by atoms with E-state index in [-0.39, 0.29) is 6.10 Å². The molecule has 0 saturated carbocycles. The summed E-state index contributed by atoms with van der Waals surface area (Å²) < 4.78 is 7.74. The number of aldehydes is 1. The predicted molar refractivity (Wildman–Crippen MR) is 61.6 cm³/mol. The van der Waals surface area contributed by atoms with Crippen molar-refractivity contribution in [3.8, 4) is 0 Å². The van der Waals surface area contributed by atoms with Crippen LogP contribution in [0.15, 0.2) is 36.5 Å². The number of imidazole rings is 1. The number of rotatable bonds is 2. The predicted octanol–water partition coefficient (Wildman–Crippen LogP) is 1.97. The number of carbonyl (C=O) groups excluding carboxylic acids is 1. The number of benzene rings is 1.